The first-order valence-corrected chi connectivity index (χ1v) is 8.93. The van der Waals surface area contributed by atoms with Crippen molar-refractivity contribution in [1.82, 2.24) is 15.5 Å². The number of rotatable bonds is 2. The van der Waals surface area contributed by atoms with E-state index in [0.29, 0.717) is 5.41 Å². The van der Waals surface area contributed by atoms with Crippen molar-refractivity contribution in [3.8, 4) is 0 Å². The molecule has 1 atom stereocenters. The molecule has 1 unspecified atom stereocenters. The van der Waals surface area contributed by atoms with Crippen LogP contribution in [0.4, 0.5) is 0 Å². The van der Waals surface area contributed by atoms with Crippen molar-refractivity contribution < 1.29 is 4.79 Å². The van der Waals surface area contributed by atoms with Crippen molar-refractivity contribution in [1.29, 1.82) is 0 Å². The van der Waals surface area contributed by atoms with Crippen LogP contribution in [0.5, 0.6) is 0 Å². The zero-order valence-corrected chi connectivity index (χ0v) is 16.4. The van der Waals surface area contributed by atoms with Crippen LogP contribution in [-0.2, 0) is 17.6 Å². The SMILES string of the molecule is CN1CC2(CCNCC2)CC1C(=O)NC1Cc2ccccc2C1.Cl.Cl. The number of carbonyl (C=O) groups excluding carboxylic acids is 1. The Bertz CT molecular complexity index is 579. The molecule has 25 heavy (non-hydrogen) atoms. The fraction of sp³-hybridized carbons (Fsp3) is 0.632. The zero-order valence-electron chi connectivity index (χ0n) is 14.8. The van der Waals surface area contributed by atoms with Gasteiger partial charge in [0.1, 0.15) is 0 Å². The van der Waals surface area contributed by atoms with Gasteiger partial charge < -0.3 is 10.6 Å². The first-order chi connectivity index (χ1) is 11.2. The predicted octanol–water partition coefficient (Wildman–Crippen LogP) is 2.19. The summed E-state index contributed by atoms with van der Waals surface area (Å²) in [6.45, 7) is 3.26. The Morgan fingerprint density at radius 3 is 2.36 bits per heavy atom. The molecule has 0 radical (unpaired) electrons. The topological polar surface area (TPSA) is 44.4 Å². The number of halogens is 2. The summed E-state index contributed by atoms with van der Waals surface area (Å²) in [6.07, 6.45) is 5.39. The zero-order chi connectivity index (χ0) is 15.9. The number of nitrogens with one attached hydrogen (secondary N) is 2. The Hall–Kier alpha value is -0.810. The number of amides is 1. The third-order valence-electron chi connectivity index (χ3n) is 6.11. The van der Waals surface area contributed by atoms with E-state index in [1.54, 1.807) is 0 Å². The summed E-state index contributed by atoms with van der Waals surface area (Å²) in [7, 11) is 2.12. The summed E-state index contributed by atoms with van der Waals surface area (Å²) in [6, 6.07) is 8.89. The van der Waals surface area contributed by atoms with E-state index in [1.165, 1.54) is 24.0 Å². The van der Waals surface area contributed by atoms with Gasteiger partial charge in [-0.15, -0.1) is 24.8 Å². The summed E-state index contributed by atoms with van der Waals surface area (Å²) in [5, 5.41) is 6.77. The Balaban J connectivity index is 0.00000113. The molecule has 3 aliphatic rings. The average molecular weight is 386 g/mol. The minimum Gasteiger partial charge on any atom is -0.351 e. The monoisotopic (exact) mass is 385 g/mol. The highest BCUT2D eigenvalue weighted by Gasteiger charge is 2.45. The first kappa shape index (κ1) is 20.5. The van der Waals surface area contributed by atoms with Gasteiger partial charge in [0.15, 0.2) is 0 Å². The number of fused-ring (bicyclic) bond motifs is 1. The van der Waals surface area contributed by atoms with E-state index in [9.17, 15) is 4.79 Å². The van der Waals surface area contributed by atoms with Gasteiger partial charge in [0.05, 0.1) is 6.04 Å². The maximum absolute atomic E-state index is 12.8. The molecule has 2 saturated heterocycles. The molecule has 0 saturated carbocycles. The van der Waals surface area contributed by atoms with Crippen LogP contribution in [0.15, 0.2) is 24.3 Å². The molecule has 0 aromatic heterocycles. The average Bonchev–Trinajstić information content (AvgIpc) is 3.08. The molecule has 1 amide bonds. The van der Waals surface area contributed by atoms with Gasteiger partial charge in [-0.2, -0.15) is 0 Å². The summed E-state index contributed by atoms with van der Waals surface area (Å²) in [4.78, 5) is 15.1. The molecule has 6 heteroatoms. The third kappa shape index (κ3) is 4.13. The minimum atomic E-state index is 0. The Kier molecular flexibility index (Phi) is 6.77. The highest BCUT2D eigenvalue weighted by molar-refractivity contribution is 5.85. The molecular weight excluding hydrogens is 357 g/mol. The predicted molar refractivity (Wildman–Crippen MR) is 106 cm³/mol. The van der Waals surface area contributed by atoms with Crippen LogP contribution in [0.3, 0.4) is 0 Å². The molecule has 4 rings (SSSR count). The lowest BCUT2D eigenvalue weighted by Gasteiger charge is -2.33. The maximum atomic E-state index is 12.8. The van der Waals surface area contributed by atoms with Gasteiger partial charge in [0.25, 0.3) is 0 Å². The molecule has 1 aliphatic carbocycles. The van der Waals surface area contributed by atoms with Gasteiger partial charge in [-0.3, -0.25) is 9.69 Å². The largest absolute Gasteiger partial charge is 0.351 e. The van der Waals surface area contributed by atoms with Crippen LogP contribution >= 0.6 is 24.8 Å². The smallest absolute Gasteiger partial charge is 0.237 e. The molecule has 2 fully saturated rings. The van der Waals surface area contributed by atoms with E-state index < -0.39 is 0 Å². The number of likely N-dealkylation sites (tertiary alicyclic amines) is 1. The van der Waals surface area contributed by atoms with Crippen molar-refractivity contribution in [2.75, 3.05) is 26.7 Å². The van der Waals surface area contributed by atoms with E-state index in [4.69, 9.17) is 0 Å². The molecule has 1 aromatic rings. The van der Waals surface area contributed by atoms with Crippen LogP contribution in [0.1, 0.15) is 30.4 Å². The highest BCUT2D eigenvalue weighted by atomic mass is 35.5. The van der Waals surface area contributed by atoms with Gasteiger partial charge in [0, 0.05) is 12.6 Å². The number of benzene rings is 1. The third-order valence-corrected chi connectivity index (χ3v) is 6.11. The molecule has 0 bridgehead atoms. The number of likely N-dealkylation sites (N-methyl/N-ethyl adjacent to an activating group) is 1. The number of hydrogen-bond donors (Lipinski definition) is 2. The maximum Gasteiger partial charge on any atom is 0.237 e. The number of carbonyl (C=O) groups is 1. The van der Waals surface area contributed by atoms with Crippen LogP contribution in [0.25, 0.3) is 0 Å². The van der Waals surface area contributed by atoms with E-state index in [1.807, 2.05) is 0 Å². The quantitative estimate of drug-likeness (QED) is 0.819. The normalized spacial score (nSPS) is 25.1. The Morgan fingerprint density at radius 2 is 1.76 bits per heavy atom. The standard InChI is InChI=1S/C19H27N3O.2ClH/c1-22-13-19(6-8-20-9-7-19)12-17(22)18(23)21-16-10-14-4-2-3-5-15(14)11-16;;/h2-5,16-17,20H,6-13H2,1H3,(H,21,23);2*1H. The van der Waals surface area contributed by atoms with Gasteiger partial charge >= 0.3 is 0 Å². The summed E-state index contributed by atoms with van der Waals surface area (Å²) in [5.41, 5.74) is 3.15. The molecule has 1 aromatic carbocycles. The van der Waals surface area contributed by atoms with E-state index in [-0.39, 0.29) is 42.8 Å². The van der Waals surface area contributed by atoms with E-state index in [2.05, 4.69) is 46.8 Å². The lowest BCUT2D eigenvalue weighted by Crippen LogP contribution is -2.46. The Labute approximate surface area is 162 Å². The molecule has 4 nitrogen and oxygen atoms in total. The van der Waals surface area contributed by atoms with E-state index in [0.717, 1.165) is 38.9 Å². The number of piperidine rings is 1. The second-order valence-corrected chi connectivity index (χ2v) is 7.77. The van der Waals surface area contributed by atoms with Gasteiger partial charge in [-0.25, -0.2) is 0 Å². The van der Waals surface area contributed by atoms with Crippen molar-refractivity contribution in [3.05, 3.63) is 35.4 Å². The molecule has 2 heterocycles. The van der Waals surface area contributed by atoms with E-state index >= 15 is 0 Å². The first-order valence-electron chi connectivity index (χ1n) is 8.93. The van der Waals surface area contributed by atoms with Crippen LogP contribution in [0, 0.1) is 5.41 Å². The van der Waals surface area contributed by atoms with Crippen LogP contribution < -0.4 is 10.6 Å². The molecule has 1 spiro atoms. The molecular formula is C19H29Cl2N3O. The second-order valence-electron chi connectivity index (χ2n) is 7.77. The molecule has 140 valence electrons. The van der Waals surface area contributed by atoms with Gasteiger partial charge in [-0.05, 0) is 68.8 Å². The fourth-order valence-corrected chi connectivity index (χ4v) is 4.84. The van der Waals surface area contributed by atoms with Crippen molar-refractivity contribution in [3.63, 3.8) is 0 Å². The van der Waals surface area contributed by atoms with Crippen molar-refractivity contribution >= 4 is 30.7 Å². The second kappa shape index (κ2) is 8.26. The molecule has 2 aliphatic heterocycles. The lowest BCUT2D eigenvalue weighted by molar-refractivity contribution is -0.125. The van der Waals surface area contributed by atoms with Crippen LogP contribution in [-0.4, -0.2) is 49.6 Å². The van der Waals surface area contributed by atoms with Crippen molar-refractivity contribution in [2.24, 2.45) is 5.41 Å². The highest BCUT2D eigenvalue weighted by Crippen LogP contribution is 2.41. The van der Waals surface area contributed by atoms with Crippen LogP contribution in [0.2, 0.25) is 0 Å². The van der Waals surface area contributed by atoms with Gasteiger partial charge in [0.2, 0.25) is 5.91 Å². The number of nitrogens with zero attached hydrogens (tertiary/aromatic N) is 1. The summed E-state index contributed by atoms with van der Waals surface area (Å²) >= 11 is 0. The number of hydrogen-bond acceptors (Lipinski definition) is 3. The fourth-order valence-electron chi connectivity index (χ4n) is 4.84. The molecule has 2 N–H and O–H groups in total. The van der Waals surface area contributed by atoms with Gasteiger partial charge in [-0.1, -0.05) is 24.3 Å². The van der Waals surface area contributed by atoms with Crippen molar-refractivity contribution in [2.45, 2.75) is 44.2 Å². The summed E-state index contributed by atoms with van der Waals surface area (Å²) in [5.74, 6) is 0.237. The summed E-state index contributed by atoms with van der Waals surface area (Å²) < 4.78 is 0. The Morgan fingerprint density at radius 1 is 1.16 bits per heavy atom. The minimum absolute atomic E-state index is 0. The lowest BCUT2D eigenvalue weighted by atomic mass is 9.77.